The number of hydrogen-bond donors (Lipinski definition) is 2. The highest BCUT2D eigenvalue weighted by Gasteiger charge is 2.21. The average Bonchev–Trinajstić information content (AvgIpc) is 3.64. The first kappa shape index (κ1) is 33.4. The molecule has 1 aliphatic rings. The van der Waals surface area contributed by atoms with Gasteiger partial charge in [0.05, 0.1) is 39.3 Å². The summed E-state index contributed by atoms with van der Waals surface area (Å²) < 4.78 is 2.44. The van der Waals surface area contributed by atoms with E-state index in [1.807, 2.05) is 60.7 Å². The summed E-state index contributed by atoms with van der Waals surface area (Å²) in [6.45, 7) is 0. The Morgan fingerprint density at radius 3 is 2.05 bits per heavy atom. The first-order chi connectivity index (χ1) is 28.7. The summed E-state index contributed by atoms with van der Waals surface area (Å²) in [6, 6.07) is 67.6. The van der Waals surface area contributed by atoms with E-state index in [1.165, 1.54) is 21.7 Å². The van der Waals surface area contributed by atoms with Gasteiger partial charge < -0.3 is 15.3 Å². The van der Waals surface area contributed by atoms with Gasteiger partial charge in [0.15, 0.2) is 0 Å². The molecule has 0 saturated carbocycles. The quantitative estimate of drug-likeness (QED) is 0.132. The van der Waals surface area contributed by atoms with Crippen LogP contribution in [0, 0.1) is 5.41 Å². The van der Waals surface area contributed by atoms with E-state index in [9.17, 15) is 0 Å². The molecular weight excluding hydrogens is 707 g/mol. The van der Waals surface area contributed by atoms with Crippen LogP contribution in [0.5, 0.6) is 0 Å². The number of pyridine rings is 1. The van der Waals surface area contributed by atoms with Crippen molar-refractivity contribution in [1.29, 1.82) is 5.41 Å². The minimum absolute atomic E-state index is 0.437. The second-order valence-corrected chi connectivity index (χ2v) is 14.6. The predicted octanol–water partition coefficient (Wildman–Crippen LogP) is 12.9. The van der Waals surface area contributed by atoms with Crippen LogP contribution >= 0.6 is 0 Å². The number of aliphatic imine (C=N–C) groups is 1. The van der Waals surface area contributed by atoms with Gasteiger partial charge in [-0.1, -0.05) is 164 Å². The Morgan fingerprint density at radius 1 is 0.534 bits per heavy atom. The second kappa shape index (κ2) is 13.7. The maximum atomic E-state index is 8.82. The van der Waals surface area contributed by atoms with E-state index < -0.39 is 0 Å². The van der Waals surface area contributed by atoms with Crippen LogP contribution in [0.25, 0.3) is 77.2 Å². The molecule has 0 unspecified atom stereocenters. The second-order valence-electron chi connectivity index (χ2n) is 14.6. The van der Waals surface area contributed by atoms with E-state index in [1.54, 1.807) is 0 Å². The standard InChI is InChI=1S/C53H35N5/c54-45(35-14-3-1-4-15-35)33-48-42-21-7-10-23-46(42)56-53(57-48)37-28-26-34(27-29-37)38-18-13-19-39(32-38)58-49-25-12-9-20-40(49)41-30-31-44-50(52(41)58)43-22-8-11-24-47(43)55-51(44)36-16-5-2-6-17-36/h1-33,54H,(H,56,57)/b48-33-,54-45?. The Labute approximate surface area is 335 Å². The Hall–Kier alpha value is -7.89. The van der Waals surface area contributed by atoms with Gasteiger partial charge in [-0.15, -0.1) is 0 Å². The molecule has 11 rings (SSSR count). The number of amidine groups is 1. The third-order valence-corrected chi connectivity index (χ3v) is 11.2. The fraction of sp³-hybridized carbons (Fsp3) is 0. The first-order valence-electron chi connectivity index (χ1n) is 19.5. The van der Waals surface area contributed by atoms with Gasteiger partial charge in [0, 0.05) is 49.3 Å². The highest BCUT2D eigenvalue weighted by Crippen LogP contribution is 2.42. The Morgan fingerprint density at radius 2 is 1.21 bits per heavy atom. The van der Waals surface area contributed by atoms with Gasteiger partial charge in [0.25, 0.3) is 0 Å². The van der Waals surface area contributed by atoms with Crippen LogP contribution < -0.4 is 5.32 Å². The number of rotatable bonds is 6. The van der Waals surface area contributed by atoms with Crippen LogP contribution in [0.3, 0.4) is 0 Å². The number of hydrogen-bond acceptors (Lipinski definition) is 4. The number of para-hydroxylation sites is 3. The van der Waals surface area contributed by atoms with E-state index in [4.69, 9.17) is 15.4 Å². The molecule has 3 heterocycles. The van der Waals surface area contributed by atoms with E-state index in [-0.39, 0.29) is 0 Å². The molecule has 0 fully saturated rings. The molecule has 0 radical (unpaired) electrons. The van der Waals surface area contributed by atoms with Gasteiger partial charge >= 0.3 is 0 Å². The average molecular weight is 742 g/mol. The van der Waals surface area contributed by atoms with Crippen molar-refractivity contribution in [3.63, 3.8) is 0 Å². The molecule has 10 aromatic rings. The summed E-state index contributed by atoms with van der Waals surface area (Å²) in [4.78, 5) is 10.2. The van der Waals surface area contributed by atoms with Gasteiger partial charge in [-0.2, -0.15) is 0 Å². The molecule has 0 atom stereocenters. The van der Waals surface area contributed by atoms with Crippen LogP contribution in [0.1, 0.15) is 16.7 Å². The molecule has 5 nitrogen and oxygen atoms in total. The number of aromatic nitrogens is 2. The van der Waals surface area contributed by atoms with Crippen LogP contribution in [0.2, 0.25) is 0 Å². The minimum atomic E-state index is 0.437. The summed E-state index contributed by atoms with van der Waals surface area (Å²) in [5.74, 6) is 0.750. The lowest BCUT2D eigenvalue weighted by atomic mass is 9.97. The predicted molar refractivity (Wildman–Crippen MR) is 241 cm³/mol. The summed E-state index contributed by atoms with van der Waals surface area (Å²) in [5, 5.41) is 18.3. The zero-order valence-electron chi connectivity index (χ0n) is 31.4. The molecule has 0 bridgehead atoms. The van der Waals surface area contributed by atoms with E-state index in [0.29, 0.717) is 5.71 Å². The molecule has 2 aromatic heterocycles. The topological polar surface area (TPSA) is 66.1 Å². The highest BCUT2D eigenvalue weighted by atomic mass is 15.0. The van der Waals surface area contributed by atoms with Gasteiger partial charge in [-0.05, 0) is 53.1 Å². The largest absolute Gasteiger partial charge is 0.339 e. The fourth-order valence-corrected chi connectivity index (χ4v) is 8.46. The molecule has 0 spiro atoms. The minimum Gasteiger partial charge on any atom is -0.339 e. The lowest BCUT2D eigenvalue weighted by Crippen LogP contribution is -2.26. The van der Waals surface area contributed by atoms with Crippen LogP contribution in [-0.2, 0) is 0 Å². The number of nitrogens with zero attached hydrogens (tertiary/aromatic N) is 3. The zero-order chi connectivity index (χ0) is 38.6. The maximum absolute atomic E-state index is 8.82. The van der Waals surface area contributed by atoms with Gasteiger partial charge in [0.1, 0.15) is 5.84 Å². The molecular formula is C53H35N5. The summed E-state index contributed by atoms with van der Waals surface area (Å²) >= 11 is 0. The summed E-state index contributed by atoms with van der Waals surface area (Å²) in [7, 11) is 0. The number of benzene rings is 8. The smallest absolute Gasteiger partial charge is 0.138 e. The molecule has 272 valence electrons. The number of nitrogens with one attached hydrogen (secondary N) is 2. The molecule has 58 heavy (non-hydrogen) atoms. The van der Waals surface area contributed by atoms with Crippen LogP contribution in [0.15, 0.2) is 205 Å². The van der Waals surface area contributed by atoms with Crippen molar-refractivity contribution in [2.75, 3.05) is 0 Å². The Balaban J connectivity index is 1.03. The van der Waals surface area contributed by atoms with Crippen molar-refractivity contribution in [2.24, 2.45) is 4.99 Å². The molecule has 5 heteroatoms. The SMILES string of the molecule is N=C(/C=C1\NC(c2ccc(-c3cccc(-n4c5ccccc5c5ccc6c(-c7ccccc7)nc7ccccc7c6c54)c3)cc2)=Nc2ccccc21)c1ccccc1. The van der Waals surface area contributed by atoms with Crippen LogP contribution in [0.4, 0.5) is 5.69 Å². The van der Waals surface area contributed by atoms with Gasteiger partial charge in [0.2, 0.25) is 0 Å². The van der Waals surface area contributed by atoms with Crippen molar-refractivity contribution < 1.29 is 0 Å². The Kier molecular flexibility index (Phi) is 7.90. The van der Waals surface area contributed by atoms with Crippen molar-refractivity contribution >= 4 is 66.4 Å². The van der Waals surface area contributed by atoms with Gasteiger partial charge in [-0.25, -0.2) is 9.98 Å². The molecule has 0 amide bonds. The van der Waals surface area contributed by atoms with Crippen molar-refractivity contribution in [3.05, 3.63) is 217 Å². The molecule has 1 aliphatic heterocycles. The number of fused-ring (bicyclic) bond motifs is 8. The van der Waals surface area contributed by atoms with Gasteiger partial charge in [-0.3, -0.25) is 0 Å². The zero-order valence-corrected chi connectivity index (χ0v) is 31.4. The fourth-order valence-electron chi connectivity index (χ4n) is 8.46. The first-order valence-corrected chi connectivity index (χ1v) is 19.5. The molecule has 8 aromatic carbocycles. The molecule has 0 saturated heterocycles. The summed E-state index contributed by atoms with van der Waals surface area (Å²) in [5.41, 5.74) is 13.7. The molecule has 2 N–H and O–H groups in total. The number of allylic oxidation sites excluding steroid dienone is 1. The van der Waals surface area contributed by atoms with Crippen molar-refractivity contribution in [3.8, 4) is 28.1 Å². The lowest BCUT2D eigenvalue weighted by Gasteiger charge is -2.21. The van der Waals surface area contributed by atoms with E-state index in [2.05, 4.69) is 149 Å². The molecule has 0 aliphatic carbocycles. The normalized spacial score (nSPS) is 13.2. The maximum Gasteiger partial charge on any atom is 0.138 e. The third-order valence-electron chi connectivity index (χ3n) is 11.2. The summed E-state index contributed by atoms with van der Waals surface area (Å²) in [6.07, 6.45) is 1.89. The van der Waals surface area contributed by atoms with Crippen molar-refractivity contribution in [2.45, 2.75) is 0 Å². The third kappa shape index (κ3) is 5.60. The highest BCUT2D eigenvalue weighted by molar-refractivity contribution is 6.27. The van der Waals surface area contributed by atoms with Crippen molar-refractivity contribution in [1.82, 2.24) is 14.9 Å². The van der Waals surface area contributed by atoms with E-state index in [0.717, 1.165) is 83.8 Å². The van der Waals surface area contributed by atoms with E-state index >= 15 is 0 Å². The Bertz CT molecular complexity index is 3300. The van der Waals surface area contributed by atoms with Crippen LogP contribution in [-0.4, -0.2) is 21.1 Å². The lowest BCUT2D eigenvalue weighted by molar-refractivity contribution is 1.19. The monoisotopic (exact) mass is 741 g/mol.